The predicted molar refractivity (Wildman–Crippen MR) is 71.0 cm³/mol. The van der Waals surface area contributed by atoms with Crippen molar-refractivity contribution in [3.63, 3.8) is 0 Å². The van der Waals surface area contributed by atoms with Crippen LogP contribution in [0.3, 0.4) is 0 Å². The molecule has 0 spiro atoms. The van der Waals surface area contributed by atoms with Gasteiger partial charge in [-0.25, -0.2) is 0 Å². The Morgan fingerprint density at radius 1 is 1.56 bits per heavy atom. The molecule has 0 bridgehead atoms. The first-order valence-corrected chi connectivity index (χ1v) is 5.79. The third kappa shape index (κ3) is 4.18. The molecule has 1 N–H and O–H groups in total. The first kappa shape index (κ1) is 14.2. The second-order valence-electron chi connectivity index (χ2n) is 4.03. The molecule has 5 heteroatoms. The molecule has 98 valence electrons. The largest absolute Gasteiger partial charge is 0.489 e. The number of nitro benzene ring substituents is 1. The summed E-state index contributed by atoms with van der Waals surface area (Å²) in [6, 6.07) is 4.56. The number of nitrogens with one attached hydrogen (secondary N) is 1. The van der Waals surface area contributed by atoms with Gasteiger partial charge in [0.15, 0.2) is 0 Å². The zero-order chi connectivity index (χ0) is 13.5. The summed E-state index contributed by atoms with van der Waals surface area (Å²) in [6.45, 7) is 9.70. The molecule has 0 saturated heterocycles. The number of nitro groups is 1. The fourth-order valence-electron chi connectivity index (χ4n) is 1.44. The molecule has 0 heterocycles. The van der Waals surface area contributed by atoms with Gasteiger partial charge in [-0.2, -0.15) is 0 Å². The lowest BCUT2D eigenvalue weighted by Crippen LogP contribution is -2.18. The van der Waals surface area contributed by atoms with Crippen LogP contribution in [0.5, 0.6) is 5.75 Å². The van der Waals surface area contributed by atoms with Crippen molar-refractivity contribution in [2.75, 3.05) is 19.7 Å². The van der Waals surface area contributed by atoms with Gasteiger partial charge >= 0.3 is 0 Å². The maximum absolute atomic E-state index is 10.6. The number of nitrogens with zero attached hydrogens (tertiary/aromatic N) is 1. The summed E-state index contributed by atoms with van der Waals surface area (Å²) >= 11 is 0. The molecule has 5 nitrogen and oxygen atoms in total. The van der Waals surface area contributed by atoms with Crippen LogP contribution in [0.1, 0.15) is 12.5 Å². The molecule has 0 radical (unpaired) electrons. The molecule has 0 fully saturated rings. The molecule has 1 aromatic carbocycles. The summed E-state index contributed by atoms with van der Waals surface area (Å²) < 4.78 is 5.57. The number of rotatable bonds is 7. The molecule has 0 unspecified atom stereocenters. The highest BCUT2D eigenvalue weighted by Gasteiger charge is 2.08. The summed E-state index contributed by atoms with van der Waals surface area (Å²) in [5.74, 6) is 0.651. The number of hydrogen-bond acceptors (Lipinski definition) is 4. The minimum absolute atomic E-state index is 0.0753. The van der Waals surface area contributed by atoms with Crippen LogP contribution in [0.15, 0.2) is 30.4 Å². The molecule has 0 saturated carbocycles. The van der Waals surface area contributed by atoms with E-state index < -0.39 is 4.92 Å². The van der Waals surface area contributed by atoms with E-state index in [0.29, 0.717) is 18.9 Å². The fourth-order valence-corrected chi connectivity index (χ4v) is 1.44. The minimum Gasteiger partial charge on any atom is -0.489 e. The summed E-state index contributed by atoms with van der Waals surface area (Å²) in [5.41, 5.74) is 1.77. The number of non-ortho nitro benzene ring substituents is 1. The second kappa shape index (κ2) is 6.76. The standard InChI is InChI=1S/C13H18N2O3/c1-4-14-8-10(2)9-18-13-6-5-12(15(16)17)7-11(13)3/h5-7,14H,2,4,8-9H2,1,3H3. The Morgan fingerprint density at radius 3 is 2.83 bits per heavy atom. The number of ether oxygens (including phenoxy) is 1. The maximum Gasteiger partial charge on any atom is 0.269 e. The zero-order valence-electron chi connectivity index (χ0n) is 10.7. The summed E-state index contributed by atoms with van der Waals surface area (Å²) in [6.07, 6.45) is 0. The molecule has 0 aromatic heterocycles. The highest BCUT2D eigenvalue weighted by atomic mass is 16.6. The van der Waals surface area contributed by atoms with Gasteiger partial charge in [0.25, 0.3) is 5.69 Å². The average molecular weight is 250 g/mol. The molecule has 0 aliphatic heterocycles. The Kier molecular flexibility index (Phi) is 5.32. The normalized spacial score (nSPS) is 10.1. The van der Waals surface area contributed by atoms with Crippen molar-refractivity contribution in [3.05, 3.63) is 46.0 Å². The predicted octanol–water partition coefficient (Wildman–Crippen LogP) is 2.45. The Morgan fingerprint density at radius 2 is 2.28 bits per heavy atom. The Labute approximate surface area is 107 Å². The lowest BCUT2D eigenvalue weighted by molar-refractivity contribution is -0.384. The summed E-state index contributed by atoms with van der Waals surface area (Å²) in [7, 11) is 0. The highest BCUT2D eigenvalue weighted by Crippen LogP contribution is 2.23. The topological polar surface area (TPSA) is 64.4 Å². The van der Waals surface area contributed by atoms with Crippen molar-refractivity contribution in [1.29, 1.82) is 0 Å². The van der Waals surface area contributed by atoms with Gasteiger partial charge in [0.2, 0.25) is 0 Å². The van der Waals surface area contributed by atoms with Crippen molar-refractivity contribution < 1.29 is 9.66 Å². The van der Waals surface area contributed by atoms with E-state index in [1.54, 1.807) is 13.0 Å². The van der Waals surface area contributed by atoms with Gasteiger partial charge in [-0.15, -0.1) is 0 Å². The van der Waals surface area contributed by atoms with Crippen LogP contribution < -0.4 is 10.1 Å². The number of aryl methyl sites for hydroxylation is 1. The quantitative estimate of drug-likeness (QED) is 0.458. The van der Waals surface area contributed by atoms with Crippen LogP contribution in [-0.2, 0) is 0 Å². The Balaban J connectivity index is 2.58. The van der Waals surface area contributed by atoms with Crippen molar-refractivity contribution in [2.24, 2.45) is 0 Å². The monoisotopic (exact) mass is 250 g/mol. The molecule has 0 aliphatic rings. The molecule has 0 atom stereocenters. The van der Waals surface area contributed by atoms with E-state index in [2.05, 4.69) is 11.9 Å². The van der Waals surface area contributed by atoms with E-state index in [-0.39, 0.29) is 5.69 Å². The summed E-state index contributed by atoms with van der Waals surface area (Å²) in [4.78, 5) is 10.2. The molecule has 0 aliphatic carbocycles. The van der Waals surface area contributed by atoms with E-state index in [4.69, 9.17) is 4.74 Å². The van der Waals surface area contributed by atoms with Gasteiger partial charge in [-0.3, -0.25) is 10.1 Å². The second-order valence-corrected chi connectivity index (χ2v) is 4.03. The van der Waals surface area contributed by atoms with E-state index in [1.165, 1.54) is 12.1 Å². The molecular weight excluding hydrogens is 232 g/mol. The summed E-state index contributed by atoms with van der Waals surface area (Å²) in [5, 5.41) is 13.7. The fraction of sp³-hybridized carbons (Fsp3) is 0.385. The number of benzene rings is 1. The first-order valence-electron chi connectivity index (χ1n) is 5.79. The van der Waals surface area contributed by atoms with Crippen LogP contribution in [0.4, 0.5) is 5.69 Å². The van der Waals surface area contributed by atoms with Gasteiger partial charge < -0.3 is 10.1 Å². The minimum atomic E-state index is -0.416. The average Bonchev–Trinajstić information content (AvgIpc) is 2.34. The van der Waals surface area contributed by atoms with Crippen LogP contribution in [0.2, 0.25) is 0 Å². The smallest absolute Gasteiger partial charge is 0.269 e. The SMILES string of the molecule is C=C(CNCC)COc1ccc([N+](=O)[O-])cc1C. The number of likely N-dealkylation sites (N-methyl/N-ethyl adjacent to an activating group) is 1. The van der Waals surface area contributed by atoms with Gasteiger partial charge in [0, 0.05) is 18.7 Å². The van der Waals surface area contributed by atoms with Gasteiger partial charge in [-0.05, 0) is 30.7 Å². The first-order chi connectivity index (χ1) is 8.54. The van der Waals surface area contributed by atoms with E-state index >= 15 is 0 Å². The molecule has 18 heavy (non-hydrogen) atoms. The molecule has 1 aromatic rings. The Hall–Kier alpha value is -1.88. The van der Waals surface area contributed by atoms with Crippen molar-refractivity contribution in [3.8, 4) is 5.75 Å². The highest BCUT2D eigenvalue weighted by molar-refractivity contribution is 5.43. The van der Waals surface area contributed by atoms with Crippen LogP contribution in [-0.4, -0.2) is 24.6 Å². The maximum atomic E-state index is 10.6. The van der Waals surface area contributed by atoms with Crippen molar-refractivity contribution in [2.45, 2.75) is 13.8 Å². The molecule has 1 rings (SSSR count). The van der Waals surface area contributed by atoms with E-state index in [9.17, 15) is 10.1 Å². The zero-order valence-corrected chi connectivity index (χ0v) is 10.7. The number of hydrogen-bond donors (Lipinski definition) is 1. The van der Waals surface area contributed by atoms with Crippen molar-refractivity contribution in [1.82, 2.24) is 5.32 Å². The molecule has 0 amide bonds. The van der Waals surface area contributed by atoms with Gasteiger partial charge in [0.05, 0.1) is 4.92 Å². The molecular formula is C13H18N2O3. The van der Waals surface area contributed by atoms with E-state index in [1.807, 2.05) is 6.92 Å². The lowest BCUT2D eigenvalue weighted by Gasteiger charge is -2.11. The Bertz CT molecular complexity index is 444. The third-order valence-corrected chi connectivity index (χ3v) is 2.43. The van der Waals surface area contributed by atoms with Crippen molar-refractivity contribution >= 4 is 5.69 Å². The van der Waals surface area contributed by atoms with Crippen LogP contribution in [0, 0.1) is 17.0 Å². The van der Waals surface area contributed by atoms with Gasteiger partial charge in [0.1, 0.15) is 12.4 Å². The third-order valence-electron chi connectivity index (χ3n) is 2.43. The van der Waals surface area contributed by atoms with Gasteiger partial charge in [-0.1, -0.05) is 13.5 Å². The van der Waals surface area contributed by atoms with E-state index in [0.717, 1.165) is 17.7 Å². The van der Waals surface area contributed by atoms with Crippen LogP contribution in [0.25, 0.3) is 0 Å². The lowest BCUT2D eigenvalue weighted by atomic mass is 10.2. The van der Waals surface area contributed by atoms with Crippen LogP contribution >= 0.6 is 0 Å².